The number of aryl methyl sites for hydroxylation is 1. The second kappa shape index (κ2) is 7.22. The molecule has 1 atom stereocenters. The summed E-state index contributed by atoms with van der Waals surface area (Å²) in [6, 6.07) is 14.7. The smallest absolute Gasteiger partial charge is 0.308 e. The Kier molecular flexibility index (Phi) is 5.03. The molecule has 0 bridgehead atoms. The second-order valence-corrected chi connectivity index (χ2v) is 7.05. The van der Waals surface area contributed by atoms with Gasteiger partial charge in [-0.3, -0.25) is 4.79 Å². The fourth-order valence-electron chi connectivity index (χ4n) is 3.34. The number of fused-ring (bicyclic) bond motifs is 3. The summed E-state index contributed by atoms with van der Waals surface area (Å²) in [5, 5.41) is 0. The van der Waals surface area contributed by atoms with Crippen LogP contribution in [0.2, 0.25) is 0 Å². The van der Waals surface area contributed by atoms with Gasteiger partial charge in [0.2, 0.25) is 0 Å². The van der Waals surface area contributed by atoms with Gasteiger partial charge < -0.3 is 9.53 Å². The number of ether oxygens (including phenoxy) is 1. The van der Waals surface area contributed by atoms with Gasteiger partial charge in [0.05, 0.1) is 5.92 Å². The zero-order chi connectivity index (χ0) is 18.0. The largest absolute Gasteiger partial charge is 0.464 e. The molecule has 0 aliphatic heterocycles. The predicted octanol–water partition coefficient (Wildman–Crippen LogP) is 4.52. The van der Waals surface area contributed by atoms with Gasteiger partial charge in [-0.25, -0.2) is 0 Å². The SMILES string of the molecule is CC(=O)CCc1ccc2c(c1)-c1ccccc1C2COC(=O)C(C)C. The van der Waals surface area contributed by atoms with Crippen LogP contribution < -0.4 is 0 Å². The molecule has 0 saturated heterocycles. The second-order valence-electron chi connectivity index (χ2n) is 7.05. The van der Waals surface area contributed by atoms with Gasteiger partial charge in [-0.15, -0.1) is 0 Å². The molecule has 0 radical (unpaired) electrons. The van der Waals surface area contributed by atoms with Crippen LogP contribution in [0.25, 0.3) is 11.1 Å². The van der Waals surface area contributed by atoms with Crippen LogP contribution >= 0.6 is 0 Å². The van der Waals surface area contributed by atoms with E-state index in [2.05, 4.69) is 30.3 Å². The molecule has 0 heterocycles. The van der Waals surface area contributed by atoms with Crippen molar-refractivity contribution in [3.05, 3.63) is 59.2 Å². The number of ketones is 1. The zero-order valence-electron chi connectivity index (χ0n) is 15.0. The minimum Gasteiger partial charge on any atom is -0.464 e. The molecule has 0 aromatic heterocycles. The minimum atomic E-state index is -0.163. The Morgan fingerprint density at radius 1 is 1.04 bits per heavy atom. The van der Waals surface area contributed by atoms with E-state index in [1.54, 1.807) is 6.92 Å². The molecule has 1 unspecified atom stereocenters. The number of carbonyl (C=O) groups is 2. The van der Waals surface area contributed by atoms with E-state index in [-0.39, 0.29) is 23.6 Å². The summed E-state index contributed by atoms with van der Waals surface area (Å²) in [7, 11) is 0. The van der Waals surface area contributed by atoms with Crippen LogP contribution in [0.5, 0.6) is 0 Å². The van der Waals surface area contributed by atoms with Gasteiger partial charge in [0.25, 0.3) is 0 Å². The predicted molar refractivity (Wildman–Crippen MR) is 98.5 cm³/mol. The highest BCUT2D eigenvalue weighted by Gasteiger charge is 2.29. The van der Waals surface area contributed by atoms with Crippen LogP contribution in [0.3, 0.4) is 0 Å². The maximum absolute atomic E-state index is 11.9. The normalized spacial score (nSPS) is 15.0. The fourth-order valence-corrected chi connectivity index (χ4v) is 3.34. The van der Waals surface area contributed by atoms with Crippen molar-refractivity contribution in [1.29, 1.82) is 0 Å². The van der Waals surface area contributed by atoms with Gasteiger partial charge in [-0.2, -0.15) is 0 Å². The Hall–Kier alpha value is -2.42. The van der Waals surface area contributed by atoms with Crippen molar-refractivity contribution in [3.8, 4) is 11.1 Å². The van der Waals surface area contributed by atoms with Gasteiger partial charge in [0.15, 0.2) is 0 Å². The fraction of sp³-hybridized carbons (Fsp3) is 0.364. The zero-order valence-corrected chi connectivity index (χ0v) is 15.0. The van der Waals surface area contributed by atoms with Crippen molar-refractivity contribution in [2.45, 2.75) is 39.5 Å². The van der Waals surface area contributed by atoms with E-state index in [0.717, 1.165) is 6.42 Å². The number of carbonyl (C=O) groups excluding carboxylic acids is 2. The van der Waals surface area contributed by atoms with Gasteiger partial charge in [0.1, 0.15) is 12.4 Å². The van der Waals surface area contributed by atoms with Crippen LogP contribution in [0.1, 0.15) is 49.8 Å². The molecule has 2 aromatic rings. The van der Waals surface area contributed by atoms with E-state index in [9.17, 15) is 9.59 Å². The Morgan fingerprint density at radius 3 is 2.48 bits per heavy atom. The molecule has 0 N–H and O–H groups in total. The third-order valence-electron chi connectivity index (χ3n) is 4.75. The molecule has 0 amide bonds. The molecule has 1 aliphatic carbocycles. The Bertz CT molecular complexity index is 805. The van der Waals surface area contributed by atoms with Crippen molar-refractivity contribution < 1.29 is 14.3 Å². The monoisotopic (exact) mass is 336 g/mol. The highest BCUT2D eigenvalue weighted by Crippen LogP contribution is 2.45. The van der Waals surface area contributed by atoms with E-state index >= 15 is 0 Å². The molecule has 1 aliphatic rings. The number of esters is 1. The topological polar surface area (TPSA) is 43.4 Å². The van der Waals surface area contributed by atoms with E-state index in [1.165, 1.54) is 27.8 Å². The molecule has 0 fully saturated rings. The molecule has 2 aromatic carbocycles. The number of Topliss-reactive ketones (excluding diaryl/α,β-unsaturated/α-hetero) is 1. The van der Waals surface area contributed by atoms with E-state index in [1.807, 2.05) is 26.0 Å². The first-order valence-electron chi connectivity index (χ1n) is 8.85. The third-order valence-corrected chi connectivity index (χ3v) is 4.75. The first-order valence-corrected chi connectivity index (χ1v) is 8.85. The molecule has 3 rings (SSSR count). The summed E-state index contributed by atoms with van der Waals surface area (Å²) >= 11 is 0. The standard InChI is InChI=1S/C22H24O3/c1-14(2)22(24)25-13-21-18-7-5-4-6-17(18)20-12-16(9-8-15(3)23)10-11-19(20)21/h4-7,10-12,14,21H,8-9,13H2,1-3H3. The van der Waals surface area contributed by atoms with Crippen molar-refractivity contribution >= 4 is 11.8 Å². The summed E-state index contributed by atoms with van der Waals surface area (Å²) in [6.07, 6.45) is 1.33. The van der Waals surface area contributed by atoms with Crippen molar-refractivity contribution in [2.75, 3.05) is 6.61 Å². The molecule has 3 nitrogen and oxygen atoms in total. The number of benzene rings is 2. The lowest BCUT2D eigenvalue weighted by molar-refractivity contribution is -0.147. The average molecular weight is 336 g/mol. The molecule has 3 heteroatoms. The summed E-state index contributed by atoms with van der Waals surface area (Å²) < 4.78 is 5.53. The summed E-state index contributed by atoms with van der Waals surface area (Å²) in [5.74, 6) is 0.00390. The Labute approximate surface area is 149 Å². The molecule has 0 spiro atoms. The average Bonchev–Trinajstić information content (AvgIpc) is 2.91. The first kappa shape index (κ1) is 17.4. The van der Waals surface area contributed by atoms with Crippen LogP contribution in [-0.2, 0) is 20.7 Å². The lowest BCUT2D eigenvalue weighted by Crippen LogP contribution is -2.16. The van der Waals surface area contributed by atoms with Gasteiger partial charge >= 0.3 is 5.97 Å². The minimum absolute atomic E-state index is 0.0794. The Balaban J connectivity index is 1.90. The van der Waals surface area contributed by atoms with E-state index in [4.69, 9.17) is 4.74 Å². The summed E-state index contributed by atoms with van der Waals surface area (Å²) in [6.45, 7) is 5.69. The van der Waals surface area contributed by atoms with E-state index in [0.29, 0.717) is 13.0 Å². The van der Waals surface area contributed by atoms with Crippen LogP contribution in [0.4, 0.5) is 0 Å². The first-order chi connectivity index (χ1) is 12.0. The van der Waals surface area contributed by atoms with Gasteiger partial charge in [-0.1, -0.05) is 56.3 Å². The van der Waals surface area contributed by atoms with Crippen LogP contribution in [0.15, 0.2) is 42.5 Å². The number of hydrogen-bond acceptors (Lipinski definition) is 3. The van der Waals surface area contributed by atoms with Crippen molar-refractivity contribution in [3.63, 3.8) is 0 Å². The third kappa shape index (κ3) is 3.65. The number of rotatable bonds is 6. The molecular weight excluding hydrogens is 312 g/mol. The highest BCUT2D eigenvalue weighted by molar-refractivity contribution is 5.80. The van der Waals surface area contributed by atoms with Crippen molar-refractivity contribution in [1.82, 2.24) is 0 Å². The lowest BCUT2D eigenvalue weighted by Gasteiger charge is -2.15. The Morgan fingerprint density at radius 2 is 1.76 bits per heavy atom. The van der Waals surface area contributed by atoms with Crippen LogP contribution in [-0.4, -0.2) is 18.4 Å². The lowest BCUT2D eigenvalue weighted by atomic mass is 9.96. The van der Waals surface area contributed by atoms with E-state index < -0.39 is 0 Å². The summed E-state index contributed by atoms with van der Waals surface area (Å²) in [5.41, 5.74) is 5.97. The van der Waals surface area contributed by atoms with Gasteiger partial charge in [0, 0.05) is 12.3 Å². The molecule has 0 saturated carbocycles. The quantitative estimate of drug-likeness (QED) is 0.729. The van der Waals surface area contributed by atoms with Crippen LogP contribution in [0, 0.1) is 5.92 Å². The maximum atomic E-state index is 11.9. The molecular formula is C22H24O3. The van der Waals surface area contributed by atoms with Crippen molar-refractivity contribution in [2.24, 2.45) is 5.92 Å². The molecule has 130 valence electrons. The van der Waals surface area contributed by atoms with Gasteiger partial charge in [-0.05, 0) is 41.2 Å². The highest BCUT2D eigenvalue weighted by atomic mass is 16.5. The molecule has 25 heavy (non-hydrogen) atoms. The number of hydrogen-bond donors (Lipinski definition) is 0. The maximum Gasteiger partial charge on any atom is 0.308 e. The summed E-state index contributed by atoms with van der Waals surface area (Å²) in [4.78, 5) is 23.1.